The predicted molar refractivity (Wildman–Crippen MR) is 110 cm³/mol. The second kappa shape index (κ2) is 8.89. The largest absolute Gasteiger partial charge is 0.302 e. The van der Waals surface area contributed by atoms with E-state index in [-0.39, 0.29) is 11.8 Å². The van der Waals surface area contributed by atoms with Crippen molar-refractivity contribution in [1.82, 2.24) is 14.5 Å². The van der Waals surface area contributed by atoms with Crippen molar-refractivity contribution in [1.29, 1.82) is 0 Å². The number of benzene rings is 1. The van der Waals surface area contributed by atoms with Gasteiger partial charge in [0.2, 0.25) is 5.91 Å². The van der Waals surface area contributed by atoms with Crippen LogP contribution in [0.4, 0.5) is 0 Å². The lowest BCUT2D eigenvalue weighted by atomic mass is 9.97. The van der Waals surface area contributed by atoms with Crippen molar-refractivity contribution < 1.29 is 4.79 Å². The van der Waals surface area contributed by atoms with Crippen LogP contribution < -0.4 is 5.43 Å². The second-order valence-corrected chi connectivity index (χ2v) is 8.12. The zero-order valence-electron chi connectivity index (χ0n) is 16.3. The van der Waals surface area contributed by atoms with E-state index in [0.717, 1.165) is 49.9 Å². The van der Waals surface area contributed by atoms with Crippen LogP contribution in [0.3, 0.4) is 0 Å². The number of para-hydroxylation sites is 1. The van der Waals surface area contributed by atoms with Gasteiger partial charge in [-0.15, -0.1) is 0 Å². The van der Waals surface area contributed by atoms with E-state index in [1.54, 1.807) is 0 Å². The summed E-state index contributed by atoms with van der Waals surface area (Å²) >= 11 is 0. The Kier molecular flexibility index (Phi) is 6.10. The summed E-state index contributed by atoms with van der Waals surface area (Å²) in [6, 6.07) is 10.2. The third kappa shape index (κ3) is 4.71. The zero-order valence-corrected chi connectivity index (χ0v) is 16.3. The highest BCUT2D eigenvalue weighted by atomic mass is 16.2. The van der Waals surface area contributed by atoms with E-state index >= 15 is 0 Å². The number of amides is 1. The minimum atomic E-state index is 0.0871. The number of nitrogens with zero attached hydrogens (tertiary/aromatic N) is 3. The van der Waals surface area contributed by atoms with Gasteiger partial charge in [0.15, 0.2) is 0 Å². The molecule has 0 saturated carbocycles. The fourth-order valence-electron chi connectivity index (χ4n) is 4.51. The van der Waals surface area contributed by atoms with E-state index < -0.39 is 0 Å². The third-order valence-corrected chi connectivity index (χ3v) is 6.14. The topological polar surface area (TPSA) is 40.5 Å². The van der Waals surface area contributed by atoms with Gasteiger partial charge in [0, 0.05) is 31.2 Å². The highest BCUT2D eigenvalue weighted by molar-refractivity contribution is 5.89. The molecule has 146 valence electrons. The molecular formula is C22H32N4O. The molecule has 2 saturated heterocycles. The van der Waals surface area contributed by atoms with Crippen LogP contribution in [-0.4, -0.2) is 59.7 Å². The minimum Gasteiger partial charge on any atom is -0.302 e. The van der Waals surface area contributed by atoms with Gasteiger partial charge in [0.25, 0.3) is 0 Å². The van der Waals surface area contributed by atoms with Gasteiger partial charge in [-0.3, -0.25) is 14.9 Å². The number of hydrogen-bond acceptors (Lipinski definition) is 3. The molecule has 0 bridgehead atoms. The lowest BCUT2D eigenvalue weighted by molar-refractivity contribution is -0.122. The standard InChI is InChI=1S/C22H32N4O/c27-22(23-26-15-11-19-8-3-4-10-21(19)26)20-9-7-14-25(18-20)17-16-24-12-5-1-2-6-13-24/h3-4,8,10-11,15,20H,1-2,5-7,9,12-14,16-18H2,(H,23,27). The number of aromatic nitrogens is 1. The second-order valence-electron chi connectivity index (χ2n) is 8.12. The maximum atomic E-state index is 12.8. The molecule has 2 aliphatic rings. The molecule has 27 heavy (non-hydrogen) atoms. The average Bonchev–Trinajstić information content (AvgIpc) is 2.93. The van der Waals surface area contributed by atoms with Crippen LogP contribution >= 0.6 is 0 Å². The minimum absolute atomic E-state index is 0.0871. The summed E-state index contributed by atoms with van der Waals surface area (Å²) in [6.45, 7) is 6.76. The third-order valence-electron chi connectivity index (χ3n) is 6.14. The van der Waals surface area contributed by atoms with E-state index in [1.165, 1.54) is 38.8 Å². The molecule has 2 fully saturated rings. The first-order valence-electron chi connectivity index (χ1n) is 10.6. The molecule has 1 atom stereocenters. The lowest BCUT2D eigenvalue weighted by Crippen LogP contribution is -2.45. The van der Waals surface area contributed by atoms with Gasteiger partial charge >= 0.3 is 0 Å². The zero-order chi connectivity index (χ0) is 18.5. The van der Waals surface area contributed by atoms with Gasteiger partial charge in [0.1, 0.15) is 0 Å². The Bertz CT molecular complexity index is 748. The summed E-state index contributed by atoms with van der Waals surface area (Å²) in [7, 11) is 0. The van der Waals surface area contributed by atoms with E-state index in [2.05, 4.69) is 21.3 Å². The Morgan fingerprint density at radius 2 is 1.67 bits per heavy atom. The quantitative estimate of drug-likeness (QED) is 0.880. The van der Waals surface area contributed by atoms with Gasteiger partial charge in [-0.25, -0.2) is 0 Å². The van der Waals surface area contributed by atoms with Gasteiger partial charge in [0.05, 0.1) is 11.4 Å². The molecule has 1 aromatic carbocycles. The number of hydrogen-bond donors (Lipinski definition) is 1. The Labute approximate surface area is 162 Å². The molecule has 5 heteroatoms. The van der Waals surface area contributed by atoms with E-state index in [0.29, 0.717) is 0 Å². The number of rotatable bonds is 5. The highest BCUT2D eigenvalue weighted by Gasteiger charge is 2.26. The summed E-state index contributed by atoms with van der Waals surface area (Å²) < 4.78 is 1.87. The monoisotopic (exact) mass is 368 g/mol. The van der Waals surface area contributed by atoms with Crippen molar-refractivity contribution in [2.75, 3.05) is 44.7 Å². The molecule has 1 aromatic heterocycles. The van der Waals surface area contributed by atoms with Crippen LogP contribution in [0.15, 0.2) is 36.5 Å². The Morgan fingerprint density at radius 1 is 0.926 bits per heavy atom. The van der Waals surface area contributed by atoms with Gasteiger partial charge in [-0.05, 0) is 57.5 Å². The summed E-state index contributed by atoms with van der Waals surface area (Å²) in [5.41, 5.74) is 4.16. The molecule has 1 N–H and O–H groups in total. The number of carbonyl (C=O) groups is 1. The highest BCUT2D eigenvalue weighted by Crippen LogP contribution is 2.19. The van der Waals surface area contributed by atoms with Crippen LogP contribution in [0.1, 0.15) is 38.5 Å². The number of likely N-dealkylation sites (tertiary alicyclic amines) is 2. The fourth-order valence-corrected chi connectivity index (χ4v) is 4.51. The summed E-state index contributed by atoms with van der Waals surface area (Å²) in [4.78, 5) is 17.9. The summed E-state index contributed by atoms with van der Waals surface area (Å²) in [6.07, 6.45) is 9.51. The van der Waals surface area contributed by atoms with E-state index in [9.17, 15) is 4.79 Å². The molecular weight excluding hydrogens is 336 g/mol. The molecule has 0 radical (unpaired) electrons. The maximum absolute atomic E-state index is 12.8. The Hall–Kier alpha value is -1.85. The lowest BCUT2D eigenvalue weighted by Gasteiger charge is -2.33. The van der Waals surface area contributed by atoms with Gasteiger partial charge in [-0.2, -0.15) is 0 Å². The first-order chi connectivity index (χ1) is 13.3. The predicted octanol–water partition coefficient (Wildman–Crippen LogP) is 3.30. The molecule has 1 amide bonds. The Morgan fingerprint density at radius 3 is 2.52 bits per heavy atom. The van der Waals surface area contributed by atoms with Gasteiger partial charge < -0.3 is 9.80 Å². The smallest absolute Gasteiger partial charge is 0.243 e. The van der Waals surface area contributed by atoms with Crippen molar-refractivity contribution in [2.45, 2.75) is 38.5 Å². The van der Waals surface area contributed by atoms with Crippen LogP contribution in [0, 0.1) is 5.92 Å². The summed E-state index contributed by atoms with van der Waals surface area (Å²) in [5, 5.41) is 1.15. The Balaban J connectivity index is 1.30. The molecule has 0 spiro atoms. The maximum Gasteiger partial charge on any atom is 0.243 e. The first kappa shape index (κ1) is 18.5. The molecule has 0 aliphatic carbocycles. The fraction of sp³-hybridized carbons (Fsp3) is 0.591. The summed E-state index contributed by atoms with van der Waals surface area (Å²) in [5.74, 6) is 0.236. The molecule has 4 rings (SSSR count). The number of fused-ring (bicyclic) bond motifs is 1. The van der Waals surface area contributed by atoms with Crippen molar-refractivity contribution in [3.8, 4) is 0 Å². The van der Waals surface area contributed by atoms with Crippen LogP contribution in [0.2, 0.25) is 0 Å². The molecule has 5 nitrogen and oxygen atoms in total. The van der Waals surface area contributed by atoms with E-state index in [1.807, 2.05) is 35.1 Å². The first-order valence-corrected chi connectivity index (χ1v) is 10.6. The SMILES string of the molecule is O=C(Nn1ccc2ccccc21)C1CCCN(CCN2CCCCCC2)C1. The van der Waals surface area contributed by atoms with Crippen LogP contribution in [0.5, 0.6) is 0 Å². The normalized spacial score (nSPS) is 22.6. The van der Waals surface area contributed by atoms with Gasteiger partial charge in [-0.1, -0.05) is 31.0 Å². The number of carbonyl (C=O) groups excluding carboxylic acids is 1. The number of nitrogens with one attached hydrogen (secondary N) is 1. The average molecular weight is 369 g/mol. The van der Waals surface area contributed by atoms with Crippen molar-refractivity contribution >= 4 is 16.8 Å². The van der Waals surface area contributed by atoms with Crippen molar-refractivity contribution in [3.63, 3.8) is 0 Å². The number of piperidine rings is 1. The van der Waals surface area contributed by atoms with Crippen molar-refractivity contribution in [3.05, 3.63) is 36.5 Å². The molecule has 2 aliphatic heterocycles. The van der Waals surface area contributed by atoms with Crippen LogP contribution in [0.25, 0.3) is 10.9 Å². The van der Waals surface area contributed by atoms with E-state index in [4.69, 9.17) is 0 Å². The molecule has 1 unspecified atom stereocenters. The van der Waals surface area contributed by atoms with Crippen LogP contribution in [-0.2, 0) is 4.79 Å². The molecule has 2 aromatic rings. The molecule has 3 heterocycles. The van der Waals surface area contributed by atoms with Crippen molar-refractivity contribution in [2.24, 2.45) is 5.92 Å².